The molecule has 126 valence electrons. The van der Waals surface area contributed by atoms with Crippen LogP contribution in [0.3, 0.4) is 0 Å². The number of anilines is 1. The van der Waals surface area contributed by atoms with Crippen LogP contribution in [0.25, 0.3) is 0 Å². The maximum absolute atomic E-state index is 12.6. The van der Waals surface area contributed by atoms with Crippen LogP contribution in [0.5, 0.6) is 0 Å². The van der Waals surface area contributed by atoms with E-state index in [4.69, 9.17) is 58.0 Å². The molecule has 2 aromatic carbocycles. The molecule has 0 aliphatic carbocycles. The predicted molar refractivity (Wildman–Crippen MR) is 97.6 cm³/mol. The Kier molecular flexibility index (Phi) is 5.89. The maximum atomic E-state index is 12.6. The molecular weight excluding hydrogens is 419 g/mol. The average Bonchev–Trinajstić information content (AvgIpc) is 2.51. The first-order valence-corrected chi connectivity index (χ1v) is 8.21. The van der Waals surface area contributed by atoms with Crippen LogP contribution >= 0.6 is 58.0 Å². The van der Waals surface area contributed by atoms with E-state index in [0.29, 0.717) is 11.3 Å². The molecule has 4 nitrogen and oxygen atoms in total. The fourth-order valence-electron chi connectivity index (χ4n) is 2.01. The van der Waals surface area contributed by atoms with Crippen molar-refractivity contribution in [3.05, 3.63) is 60.0 Å². The lowest BCUT2D eigenvalue weighted by atomic mass is 10.1. The fraction of sp³-hybridized carbons (Fsp3) is 0.0667. The summed E-state index contributed by atoms with van der Waals surface area (Å²) in [5, 5.41) is 11.0. The Hall–Kier alpha value is -1.17. The van der Waals surface area contributed by atoms with Crippen LogP contribution in [0.4, 0.5) is 5.69 Å². The summed E-state index contributed by atoms with van der Waals surface area (Å²) in [6.07, 6.45) is 0. The normalized spacial score (nSPS) is 10.6. The van der Waals surface area contributed by atoms with Crippen LogP contribution < -0.4 is 5.32 Å². The van der Waals surface area contributed by atoms with Crippen LogP contribution in [0, 0.1) is 6.92 Å². The van der Waals surface area contributed by atoms with E-state index < -0.39 is 23.0 Å². The summed E-state index contributed by atoms with van der Waals surface area (Å²) >= 11 is 29.8. The number of carbonyl (C=O) groups excluding carboxylic acids is 1. The van der Waals surface area contributed by atoms with Gasteiger partial charge in [-0.2, -0.15) is 0 Å². The topological polar surface area (TPSA) is 66.4 Å². The highest BCUT2D eigenvalue weighted by atomic mass is 35.5. The first-order chi connectivity index (χ1) is 11.2. The molecule has 0 heterocycles. The van der Waals surface area contributed by atoms with Crippen LogP contribution in [0.1, 0.15) is 26.3 Å². The number of rotatable bonds is 3. The molecule has 0 aliphatic heterocycles. The highest BCUT2D eigenvalue weighted by Crippen LogP contribution is 2.42. The van der Waals surface area contributed by atoms with E-state index in [1.165, 1.54) is 0 Å². The van der Waals surface area contributed by atoms with Crippen molar-refractivity contribution in [2.45, 2.75) is 6.92 Å². The Balaban J connectivity index is 2.64. The lowest BCUT2D eigenvalue weighted by molar-refractivity contribution is 0.0692. The quantitative estimate of drug-likeness (QED) is 0.452. The Morgan fingerprint density at radius 2 is 1.46 bits per heavy atom. The maximum Gasteiger partial charge on any atom is 0.338 e. The summed E-state index contributed by atoms with van der Waals surface area (Å²) in [5.74, 6) is -2.30. The first-order valence-electron chi connectivity index (χ1n) is 6.32. The van der Waals surface area contributed by atoms with Crippen molar-refractivity contribution >= 4 is 75.6 Å². The van der Waals surface area contributed by atoms with Crippen LogP contribution in [0.15, 0.2) is 18.2 Å². The minimum absolute atomic E-state index is 0.214. The molecular formula is C15H8Cl5NO3. The SMILES string of the molecule is Cc1cccc(Cl)c1NC(=O)c1c(Cl)c(Cl)c(Cl)c(Cl)c1C(=O)O. The number of hydrogen-bond acceptors (Lipinski definition) is 2. The standard InChI is InChI=1S/C15H8Cl5NO3/c1-5-3-2-4-6(16)13(5)21-14(22)7-8(15(23)24)10(18)12(20)11(19)9(7)17/h2-4H,1H3,(H,21,22)(H,23,24). The zero-order valence-electron chi connectivity index (χ0n) is 11.9. The molecule has 0 aliphatic rings. The highest BCUT2D eigenvalue weighted by molar-refractivity contribution is 6.54. The molecule has 1 amide bonds. The van der Waals surface area contributed by atoms with Crippen molar-refractivity contribution in [2.24, 2.45) is 0 Å². The molecule has 0 spiro atoms. The second-order valence-corrected chi connectivity index (χ2v) is 6.62. The zero-order valence-corrected chi connectivity index (χ0v) is 15.7. The van der Waals surface area contributed by atoms with Gasteiger partial charge in [0.25, 0.3) is 5.91 Å². The van der Waals surface area contributed by atoms with Gasteiger partial charge < -0.3 is 10.4 Å². The molecule has 2 aromatic rings. The Morgan fingerprint density at radius 1 is 0.917 bits per heavy atom. The van der Waals surface area contributed by atoms with Gasteiger partial charge in [-0.3, -0.25) is 4.79 Å². The summed E-state index contributed by atoms with van der Waals surface area (Å²) in [7, 11) is 0. The van der Waals surface area contributed by atoms with Crippen LogP contribution in [-0.2, 0) is 0 Å². The summed E-state index contributed by atoms with van der Waals surface area (Å²) < 4.78 is 0. The van der Waals surface area contributed by atoms with E-state index >= 15 is 0 Å². The number of aryl methyl sites for hydroxylation is 1. The van der Waals surface area contributed by atoms with E-state index in [-0.39, 0.29) is 25.1 Å². The summed E-state index contributed by atoms with van der Waals surface area (Å²) in [5.41, 5.74) is 0.0509. The van der Waals surface area contributed by atoms with Gasteiger partial charge in [0.15, 0.2) is 0 Å². The van der Waals surface area contributed by atoms with Crippen molar-refractivity contribution in [1.82, 2.24) is 0 Å². The molecule has 2 rings (SSSR count). The van der Waals surface area contributed by atoms with Gasteiger partial charge in [0, 0.05) is 0 Å². The fourth-order valence-corrected chi connectivity index (χ4v) is 3.30. The molecule has 2 N–H and O–H groups in total. The number of nitrogens with one attached hydrogen (secondary N) is 1. The summed E-state index contributed by atoms with van der Waals surface area (Å²) in [4.78, 5) is 24.1. The van der Waals surface area contributed by atoms with Gasteiger partial charge in [-0.1, -0.05) is 70.1 Å². The molecule has 0 unspecified atom stereocenters. The molecule has 0 aromatic heterocycles. The number of amides is 1. The van der Waals surface area contributed by atoms with Crippen molar-refractivity contribution in [2.75, 3.05) is 5.32 Å². The van der Waals surface area contributed by atoms with Gasteiger partial charge in [0.05, 0.1) is 41.9 Å². The van der Waals surface area contributed by atoms with Crippen molar-refractivity contribution in [3.8, 4) is 0 Å². The number of carboxylic acid groups (broad SMARTS) is 1. The molecule has 0 atom stereocenters. The largest absolute Gasteiger partial charge is 0.478 e. The van der Waals surface area contributed by atoms with E-state index in [2.05, 4.69) is 5.32 Å². The van der Waals surface area contributed by atoms with Crippen molar-refractivity contribution in [3.63, 3.8) is 0 Å². The second kappa shape index (κ2) is 7.38. The van der Waals surface area contributed by atoms with Gasteiger partial charge >= 0.3 is 5.97 Å². The van der Waals surface area contributed by atoms with Gasteiger partial charge in [-0.15, -0.1) is 0 Å². The van der Waals surface area contributed by atoms with E-state index in [0.717, 1.165) is 0 Å². The van der Waals surface area contributed by atoms with Crippen LogP contribution in [0.2, 0.25) is 25.1 Å². The number of benzene rings is 2. The molecule has 9 heteroatoms. The molecule has 0 bridgehead atoms. The first kappa shape index (κ1) is 19.2. The Bertz CT molecular complexity index is 847. The lowest BCUT2D eigenvalue weighted by Crippen LogP contribution is -2.19. The smallest absolute Gasteiger partial charge is 0.338 e. The molecule has 0 saturated heterocycles. The van der Waals surface area contributed by atoms with Crippen molar-refractivity contribution in [1.29, 1.82) is 0 Å². The number of carbonyl (C=O) groups is 2. The van der Waals surface area contributed by atoms with E-state index in [9.17, 15) is 14.7 Å². The van der Waals surface area contributed by atoms with Gasteiger partial charge in [-0.25, -0.2) is 4.79 Å². The minimum atomic E-state index is -1.47. The average molecular weight is 427 g/mol. The van der Waals surface area contributed by atoms with E-state index in [1.807, 2.05) is 0 Å². The van der Waals surface area contributed by atoms with Gasteiger partial charge in [0.1, 0.15) is 0 Å². The third-order valence-electron chi connectivity index (χ3n) is 3.17. The summed E-state index contributed by atoms with van der Waals surface area (Å²) in [6.45, 7) is 1.73. The third kappa shape index (κ3) is 3.44. The molecule has 24 heavy (non-hydrogen) atoms. The number of hydrogen-bond donors (Lipinski definition) is 2. The van der Waals surface area contributed by atoms with Gasteiger partial charge in [0.2, 0.25) is 0 Å². The lowest BCUT2D eigenvalue weighted by Gasteiger charge is -2.15. The highest BCUT2D eigenvalue weighted by Gasteiger charge is 2.29. The third-order valence-corrected chi connectivity index (χ3v) is 5.29. The number of aromatic carboxylic acids is 1. The number of carboxylic acids is 1. The van der Waals surface area contributed by atoms with E-state index in [1.54, 1.807) is 25.1 Å². The zero-order chi connectivity index (χ0) is 18.2. The number of halogens is 5. The Labute approximate surface area is 162 Å². The van der Waals surface area contributed by atoms with Gasteiger partial charge in [-0.05, 0) is 18.6 Å². The summed E-state index contributed by atoms with van der Waals surface area (Å²) in [6, 6.07) is 5.01. The molecule has 0 radical (unpaired) electrons. The molecule has 0 fully saturated rings. The monoisotopic (exact) mass is 425 g/mol. The predicted octanol–water partition coefficient (Wildman–Crippen LogP) is 6.21. The number of para-hydroxylation sites is 1. The Morgan fingerprint density at radius 3 is 1.96 bits per heavy atom. The van der Waals surface area contributed by atoms with Crippen LogP contribution in [-0.4, -0.2) is 17.0 Å². The second-order valence-electron chi connectivity index (χ2n) is 4.70. The van der Waals surface area contributed by atoms with Crippen molar-refractivity contribution < 1.29 is 14.7 Å². The molecule has 0 saturated carbocycles. The minimum Gasteiger partial charge on any atom is -0.478 e.